The van der Waals surface area contributed by atoms with Crippen LogP contribution >= 0.6 is 12.4 Å². The Labute approximate surface area is 110 Å². The number of likely N-dealkylation sites (tertiary alicyclic amines) is 1. The maximum Gasteiger partial charge on any atom is 0.242 e. The first kappa shape index (κ1) is 16.7. The lowest BCUT2D eigenvalue weighted by atomic mass is 9.94. The molecule has 1 saturated heterocycles. The molecule has 0 saturated carbocycles. The highest BCUT2D eigenvalue weighted by molar-refractivity contribution is 5.86. The van der Waals surface area contributed by atoms with E-state index in [9.17, 15) is 4.79 Å². The molecule has 4 nitrogen and oxygen atoms in total. The monoisotopic (exact) mass is 264 g/mol. The Kier molecular flexibility index (Phi) is 7.05. The number of hydrogen-bond donors (Lipinski definition) is 1. The third kappa shape index (κ3) is 4.45. The van der Waals surface area contributed by atoms with Crippen molar-refractivity contribution in [3.05, 3.63) is 0 Å². The van der Waals surface area contributed by atoms with Crippen LogP contribution in [0.4, 0.5) is 0 Å². The molecule has 1 fully saturated rings. The Balaban J connectivity index is 0.00000256. The van der Waals surface area contributed by atoms with Crippen LogP contribution in [-0.4, -0.2) is 42.6 Å². The molecule has 0 radical (unpaired) electrons. The average molecular weight is 265 g/mol. The Bertz CT molecular complexity index is 239. The Hall–Kier alpha value is -0.320. The van der Waals surface area contributed by atoms with E-state index in [0.29, 0.717) is 6.10 Å². The van der Waals surface area contributed by atoms with Gasteiger partial charge in [0.05, 0.1) is 11.6 Å². The number of piperidine rings is 1. The fraction of sp³-hybridized carbons (Fsp3) is 0.917. The first-order valence-corrected chi connectivity index (χ1v) is 6.12. The number of halogens is 1. The van der Waals surface area contributed by atoms with Crippen LogP contribution in [0.3, 0.4) is 0 Å². The molecule has 0 aromatic rings. The van der Waals surface area contributed by atoms with Crippen molar-refractivity contribution in [2.75, 3.05) is 20.2 Å². The van der Waals surface area contributed by atoms with E-state index in [1.807, 2.05) is 11.8 Å². The largest absolute Gasteiger partial charge is 0.381 e. The molecule has 2 N–H and O–H groups in total. The first-order valence-electron chi connectivity index (χ1n) is 6.12. The van der Waals surface area contributed by atoms with Crippen molar-refractivity contribution in [1.29, 1.82) is 0 Å². The van der Waals surface area contributed by atoms with Gasteiger partial charge < -0.3 is 15.4 Å². The number of carbonyl (C=O) groups excluding carboxylic acids is 1. The third-order valence-corrected chi connectivity index (χ3v) is 3.32. The van der Waals surface area contributed by atoms with E-state index in [1.165, 1.54) is 0 Å². The molecule has 1 amide bonds. The number of nitrogens with two attached hydrogens (primary N) is 1. The molecule has 102 valence electrons. The van der Waals surface area contributed by atoms with Crippen molar-refractivity contribution in [3.8, 4) is 0 Å². The quantitative estimate of drug-likeness (QED) is 0.839. The molecule has 0 aliphatic carbocycles. The minimum Gasteiger partial charge on any atom is -0.381 e. The van der Waals surface area contributed by atoms with Crippen molar-refractivity contribution < 1.29 is 9.53 Å². The third-order valence-electron chi connectivity index (χ3n) is 3.32. The summed E-state index contributed by atoms with van der Waals surface area (Å²) in [6.45, 7) is 5.43. The molecule has 1 aliphatic rings. The van der Waals surface area contributed by atoms with E-state index in [2.05, 4.69) is 6.92 Å². The number of nitrogens with zero attached hydrogens (tertiary/aromatic N) is 1. The maximum absolute atomic E-state index is 12.2. The summed E-state index contributed by atoms with van der Waals surface area (Å²) in [5.41, 5.74) is 5.35. The van der Waals surface area contributed by atoms with E-state index >= 15 is 0 Å². The fourth-order valence-corrected chi connectivity index (χ4v) is 2.28. The highest BCUT2D eigenvalue weighted by atomic mass is 35.5. The van der Waals surface area contributed by atoms with Crippen LogP contribution in [0.5, 0.6) is 0 Å². The van der Waals surface area contributed by atoms with Gasteiger partial charge in [-0.25, -0.2) is 0 Å². The first-order chi connectivity index (χ1) is 7.51. The van der Waals surface area contributed by atoms with Crippen molar-refractivity contribution in [2.45, 2.75) is 51.2 Å². The van der Waals surface area contributed by atoms with Gasteiger partial charge in [0.1, 0.15) is 0 Å². The molecule has 0 bridgehead atoms. The van der Waals surface area contributed by atoms with E-state index in [1.54, 1.807) is 7.11 Å². The lowest BCUT2D eigenvalue weighted by Crippen LogP contribution is -2.55. The number of rotatable bonds is 4. The molecule has 1 heterocycles. The minimum atomic E-state index is -0.700. The van der Waals surface area contributed by atoms with Gasteiger partial charge in [0.15, 0.2) is 0 Å². The van der Waals surface area contributed by atoms with Crippen molar-refractivity contribution in [1.82, 2.24) is 4.90 Å². The number of carbonyl (C=O) groups is 1. The highest BCUT2D eigenvalue weighted by Gasteiger charge is 2.33. The molecule has 1 unspecified atom stereocenters. The van der Waals surface area contributed by atoms with E-state index in [4.69, 9.17) is 10.5 Å². The van der Waals surface area contributed by atoms with Crippen molar-refractivity contribution in [2.24, 2.45) is 5.73 Å². The molecule has 1 aliphatic heterocycles. The lowest BCUT2D eigenvalue weighted by molar-refractivity contribution is -0.139. The van der Waals surface area contributed by atoms with Gasteiger partial charge in [-0.1, -0.05) is 13.3 Å². The summed E-state index contributed by atoms with van der Waals surface area (Å²) in [5, 5.41) is 0. The van der Waals surface area contributed by atoms with Crippen LogP contribution in [0.2, 0.25) is 0 Å². The molecule has 0 spiro atoms. The summed E-state index contributed by atoms with van der Waals surface area (Å²) in [7, 11) is 1.73. The molecule has 17 heavy (non-hydrogen) atoms. The maximum atomic E-state index is 12.2. The van der Waals surface area contributed by atoms with Crippen molar-refractivity contribution in [3.63, 3.8) is 0 Å². The van der Waals surface area contributed by atoms with Crippen LogP contribution in [0.15, 0.2) is 0 Å². The van der Waals surface area contributed by atoms with Gasteiger partial charge in [0, 0.05) is 20.2 Å². The SMILES string of the molecule is CCCC(C)(N)C(=O)N1CCC(OC)CC1.Cl. The Morgan fingerprint density at radius 1 is 1.47 bits per heavy atom. The van der Waals surface area contributed by atoms with E-state index in [-0.39, 0.29) is 18.3 Å². The number of methoxy groups -OCH3 is 1. The second kappa shape index (κ2) is 7.19. The van der Waals surface area contributed by atoms with E-state index < -0.39 is 5.54 Å². The van der Waals surface area contributed by atoms with Gasteiger partial charge in [-0.05, 0) is 26.2 Å². The predicted molar refractivity (Wildman–Crippen MR) is 71.4 cm³/mol. The van der Waals surface area contributed by atoms with E-state index in [0.717, 1.165) is 38.8 Å². The second-order valence-electron chi connectivity index (χ2n) is 4.89. The van der Waals surface area contributed by atoms with Crippen LogP contribution in [0.25, 0.3) is 0 Å². The number of amides is 1. The van der Waals surface area contributed by atoms with Crippen LogP contribution < -0.4 is 5.73 Å². The molecule has 5 heteroatoms. The topological polar surface area (TPSA) is 55.6 Å². The van der Waals surface area contributed by atoms with Crippen LogP contribution in [0.1, 0.15) is 39.5 Å². The zero-order valence-corrected chi connectivity index (χ0v) is 11.9. The van der Waals surface area contributed by atoms with Gasteiger partial charge >= 0.3 is 0 Å². The second-order valence-corrected chi connectivity index (χ2v) is 4.89. The van der Waals surface area contributed by atoms with Crippen LogP contribution in [-0.2, 0) is 9.53 Å². The molecular weight excluding hydrogens is 240 g/mol. The molecule has 0 aromatic carbocycles. The fourth-order valence-electron chi connectivity index (χ4n) is 2.28. The standard InChI is InChI=1S/C12H24N2O2.ClH/c1-4-7-12(2,13)11(15)14-8-5-10(16-3)6-9-14;/h10H,4-9,13H2,1-3H3;1H. The summed E-state index contributed by atoms with van der Waals surface area (Å²) >= 11 is 0. The van der Waals surface area contributed by atoms with Gasteiger partial charge in [-0.3, -0.25) is 4.79 Å². The Morgan fingerprint density at radius 2 is 2.00 bits per heavy atom. The normalized spacial score (nSPS) is 20.6. The predicted octanol–water partition coefficient (Wildman–Crippen LogP) is 1.56. The van der Waals surface area contributed by atoms with Crippen LogP contribution in [0, 0.1) is 0 Å². The smallest absolute Gasteiger partial charge is 0.242 e. The summed E-state index contributed by atoms with van der Waals surface area (Å²) in [6.07, 6.45) is 3.83. The number of hydrogen-bond acceptors (Lipinski definition) is 3. The summed E-state index contributed by atoms with van der Waals surface area (Å²) in [5.74, 6) is 0.0869. The zero-order chi connectivity index (χ0) is 12.2. The van der Waals surface area contributed by atoms with Gasteiger partial charge in [-0.2, -0.15) is 0 Å². The lowest BCUT2D eigenvalue weighted by Gasteiger charge is -2.36. The minimum absolute atomic E-state index is 0. The van der Waals surface area contributed by atoms with Crippen molar-refractivity contribution >= 4 is 18.3 Å². The average Bonchev–Trinajstić information content (AvgIpc) is 2.28. The summed E-state index contributed by atoms with van der Waals surface area (Å²) < 4.78 is 5.28. The van der Waals surface area contributed by atoms with Gasteiger partial charge in [0.25, 0.3) is 0 Å². The number of ether oxygens (including phenoxy) is 1. The molecule has 1 atom stereocenters. The summed E-state index contributed by atoms with van der Waals surface area (Å²) in [6, 6.07) is 0. The van der Waals surface area contributed by atoms with Gasteiger partial charge in [0.2, 0.25) is 5.91 Å². The highest BCUT2D eigenvalue weighted by Crippen LogP contribution is 2.18. The Morgan fingerprint density at radius 3 is 2.41 bits per heavy atom. The molecule has 0 aromatic heterocycles. The summed E-state index contributed by atoms with van der Waals surface area (Å²) in [4.78, 5) is 14.0. The zero-order valence-electron chi connectivity index (χ0n) is 11.1. The van der Waals surface area contributed by atoms with Gasteiger partial charge in [-0.15, -0.1) is 12.4 Å². The molecule has 1 rings (SSSR count). The molecular formula is C12H25ClN2O2.